The molecule has 0 saturated heterocycles. The number of rotatable bonds is 5. The highest BCUT2D eigenvalue weighted by molar-refractivity contribution is 8.00. The van der Waals surface area contributed by atoms with Crippen molar-refractivity contribution in [3.05, 3.63) is 53.6 Å². The molecule has 0 saturated carbocycles. The maximum Gasteiger partial charge on any atom is 0.253 e. The molecule has 2 aromatic rings. The maximum absolute atomic E-state index is 12.6. The van der Waals surface area contributed by atoms with Gasteiger partial charge in [-0.1, -0.05) is 12.1 Å². The van der Waals surface area contributed by atoms with Gasteiger partial charge in [0.2, 0.25) is 5.91 Å². The molecule has 0 spiro atoms. The molecule has 1 aliphatic rings. The molecule has 1 aliphatic heterocycles. The van der Waals surface area contributed by atoms with Gasteiger partial charge in [-0.3, -0.25) is 9.59 Å². The van der Waals surface area contributed by atoms with Gasteiger partial charge in [0.05, 0.1) is 18.0 Å². The molecule has 6 heteroatoms. The predicted octanol–water partition coefficient (Wildman–Crippen LogP) is 3.19. The van der Waals surface area contributed by atoms with E-state index >= 15 is 0 Å². The van der Waals surface area contributed by atoms with Crippen LogP contribution >= 0.6 is 11.8 Å². The minimum absolute atomic E-state index is 0.0398. The van der Waals surface area contributed by atoms with E-state index in [4.69, 9.17) is 4.74 Å². The molecular weight excluding hydrogens is 336 g/mol. The number of hydrogen-bond acceptors (Lipinski definition) is 4. The first kappa shape index (κ1) is 17.4. The fourth-order valence-electron chi connectivity index (χ4n) is 2.54. The van der Waals surface area contributed by atoms with Crippen molar-refractivity contribution in [2.24, 2.45) is 0 Å². The van der Waals surface area contributed by atoms with E-state index in [1.54, 1.807) is 24.1 Å². The lowest BCUT2D eigenvalue weighted by atomic mass is 10.1. The summed E-state index contributed by atoms with van der Waals surface area (Å²) in [6.07, 6.45) is 0. The van der Waals surface area contributed by atoms with Gasteiger partial charge in [-0.15, -0.1) is 11.8 Å². The summed E-state index contributed by atoms with van der Waals surface area (Å²) in [5, 5.41) is 2.81. The molecule has 2 amide bonds. The zero-order valence-electron chi connectivity index (χ0n) is 14.2. The molecule has 25 heavy (non-hydrogen) atoms. The zero-order valence-corrected chi connectivity index (χ0v) is 15.1. The minimum Gasteiger partial charge on any atom is -0.492 e. The second-order valence-electron chi connectivity index (χ2n) is 5.94. The van der Waals surface area contributed by atoms with Crippen LogP contribution in [0.25, 0.3) is 0 Å². The van der Waals surface area contributed by atoms with Gasteiger partial charge >= 0.3 is 0 Å². The monoisotopic (exact) mass is 356 g/mol. The smallest absolute Gasteiger partial charge is 0.253 e. The van der Waals surface area contributed by atoms with Crippen molar-refractivity contribution in [1.29, 1.82) is 0 Å². The first-order chi connectivity index (χ1) is 12.0. The number of thioether (sulfide) groups is 1. The van der Waals surface area contributed by atoms with Crippen LogP contribution < -0.4 is 10.1 Å². The quantitative estimate of drug-likeness (QED) is 0.894. The molecule has 130 valence electrons. The number of hydrogen-bond donors (Lipinski definition) is 1. The average molecular weight is 356 g/mol. The molecule has 1 N–H and O–H groups in total. The highest BCUT2D eigenvalue weighted by atomic mass is 32.2. The summed E-state index contributed by atoms with van der Waals surface area (Å²) >= 11 is 1.48. The summed E-state index contributed by atoms with van der Waals surface area (Å²) in [6.45, 7) is 2.91. The molecular formula is C19H20N2O3S. The van der Waals surface area contributed by atoms with E-state index < -0.39 is 0 Å². The number of fused-ring (bicyclic) bond motifs is 1. The number of ether oxygens (including phenoxy) is 1. The van der Waals surface area contributed by atoms with Gasteiger partial charge in [0.15, 0.2) is 0 Å². The third-order valence-electron chi connectivity index (χ3n) is 3.89. The summed E-state index contributed by atoms with van der Waals surface area (Å²) in [4.78, 5) is 26.7. The van der Waals surface area contributed by atoms with Crippen LogP contribution in [0, 0.1) is 6.92 Å². The first-order valence-corrected chi connectivity index (χ1v) is 9.03. The van der Waals surface area contributed by atoms with Crippen LogP contribution in [0.3, 0.4) is 0 Å². The number of nitrogens with zero attached hydrogens (tertiary/aromatic N) is 1. The molecule has 1 heterocycles. The number of likely N-dealkylation sites (N-methyl/N-ethyl adjacent to an activating group) is 1. The highest BCUT2D eigenvalue weighted by Crippen LogP contribution is 2.32. The summed E-state index contributed by atoms with van der Waals surface area (Å²) in [7, 11) is 1.74. The zero-order chi connectivity index (χ0) is 17.8. The van der Waals surface area contributed by atoms with Crippen LogP contribution in [0.15, 0.2) is 47.4 Å². The molecule has 0 radical (unpaired) electrons. The highest BCUT2D eigenvalue weighted by Gasteiger charge is 2.18. The normalized spacial score (nSPS) is 13.0. The van der Waals surface area contributed by atoms with Crippen LogP contribution in [0.1, 0.15) is 15.9 Å². The van der Waals surface area contributed by atoms with Gasteiger partial charge in [-0.05, 0) is 42.8 Å². The fraction of sp³-hybridized carbons (Fsp3) is 0.263. The van der Waals surface area contributed by atoms with Crippen molar-refractivity contribution < 1.29 is 14.3 Å². The molecule has 3 rings (SSSR count). The number of aryl methyl sites for hydroxylation is 1. The average Bonchev–Trinajstić information content (AvgIpc) is 2.60. The molecule has 0 aromatic heterocycles. The molecule has 0 unspecified atom stereocenters. The van der Waals surface area contributed by atoms with E-state index in [9.17, 15) is 9.59 Å². The van der Waals surface area contributed by atoms with Crippen LogP contribution in [0.2, 0.25) is 0 Å². The molecule has 5 nitrogen and oxygen atoms in total. The Morgan fingerprint density at radius 2 is 2.12 bits per heavy atom. The van der Waals surface area contributed by atoms with Crippen molar-refractivity contribution in [2.45, 2.75) is 11.8 Å². The van der Waals surface area contributed by atoms with Gasteiger partial charge in [0.1, 0.15) is 12.4 Å². The van der Waals surface area contributed by atoms with Crippen LogP contribution in [-0.2, 0) is 4.79 Å². The van der Waals surface area contributed by atoms with E-state index in [1.165, 1.54) is 11.8 Å². The summed E-state index contributed by atoms with van der Waals surface area (Å²) in [6, 6.07) is 13.2. The van der Waals surface area contributed by atoms with Gasteiger partial charge in [0, 0.05) is 17.5 Å². The summed E-state index contributed by atoms with van der Waals surface area (Å²) in [5.41, 5.74) is 2.40. The van der Waals surface area contributed by atoms with E-state index in [0.29, 0.717) is 30.2 Å². The van der Waals surface area contributed by atoms with E-state index in [1.807, 2.05) is 37.3 Å². The van der Waals surface area contributed by atoms with Crippen molar-refractivity contribution in [1.82, 2.24) is 4.90 Å². The van der Waals surface area contributed by atoms with E-state index in [2.05, 4.69) is 5.32 Å². The Hall–Kier alpha value is -2.47. The lowest BCUT2D eigenvalue weighted by Crippen LogP contribution is -2.31. The predicted molar refractivity (Wildman–Crippen MR) is 99.4 cm³/mol. The largest absolute Gasteiger partial charge is 0.492 e. The lowest BCUT2D eigenvalue weighted by Gasteiger charge is -2.20. The van der Waals surface area contributed by atoms with Crippen molar-refractivity contribution in [3.8, 4) is 5.75 Å². The van der Waals surface area contributed by atoms with Crippen molar-refractivity contribution >= 4 is 29.3 Å². The summed E-state index contributed by atoms with van der Waals surface area (Å²) in [5.74, 6) is 1.08. The molecule has 2 aromatic carbocycles. The van der Waals surface area contributed by atoms with Crippen LogP contribution in [0.4, 0.5) is 5.69 Å². The fourth-order valence-corrected chi connectivity index (χ4v) is 3.33. The van der Waals surface area contributed by atoms with Gasteiger partial charge in [-0.2, -0.15) is 0 Å². The Labute approximate surface area is 151 Å². The van der Waals surface area contributed by atoms with Crippen molar-refractivity contribution in [2.75, 3.05) is 31.3 Å². The maximum atomic E-state index is 12.6. The SMILES string of the molecule is Cc1cccc(OCCN(C)C(=O)c2ccc3c(c2)NC(=O)CS3)c1. The Kier molecular flexibility index (Phi) is 5.28. The van der Waals surface area contributed by atoms with Crippen LogP contribution in [0.5, 0.6) is 5.75 Å². The van der Waals surface area contributed by atoms with Crippen molar-refractivity contribution in [3.63, 3.8) is 0 Å². The Morgan fingerprint density at radius 3 is 2.92 bits per heavy atom. The van der Waals surface area contributed by atoms with Gasteiger partial charge in [-0.25, -0.2) is 0 Å². The lowest BCUT2D eigenvalue weighted by molar-refractivity contribution is -0.113. The number of carbonyl (C=O) groups excluding carboxylic acids is 2. The number of nitrogens with one attached hydrogen (secondary N) is 1. The molecule has 0 bridgehead atoms. The number of amides is 2. The standard InChI is InChI=1S/C19H20N2O3S/c1-13-4-3-5-15(10-13)24-9-8-21(2)19(23)14-6-7-17-16(11-14)20-18(22)12-25-17/h3-7,10-11H,8-9,12H2,1-2H3,(H,20,22). The van der Waals surface area contributed by atoms with Gasteiger partial charge in [0.25, 0.3) is 5.91 Å². The Morgan fingerprint density at radius 1 is 1.28 bits per heavy atom. The first-order valence-electron chi connectivity index (χ1n) is 8.04. The third-order valence-corrected chi connectivity index (χ3v) is 4.96. The number of anilines is 1. The third kappa shape index (κ3) is 4.33. The molecule has 0 fully saturated rings. The molecule has 0 aliphatic carbocycles. The van der Waals surface area contributed by atoms with E-state index in [0.717, 1.165) is 16.2 Å². The van der Waals surface area contributed by atoms with E-state index in [-0.39, 0.29) is 11.8 Å². The minimum atomic E-state index is -0.0968. The van der Waals surface area contributed by atoms with Crippen LogP contribution in [-0.4, -0.2) is 42.7 Å². The number of carbonyl (C=O) groups is 2. The molecule has 0 atom stereocenters. The second kappa shape index (κ2) is 7.61. The van der Waals surface area contributed by atoms with Gasteiger partial charge < -0.3 is 15.0 Å². The Bertz CT molecular complexity index is 807. The second-order valence-corrected chi connectivity index (χ2v) is 6.96. The Balaban J connectivity index is 1.59. The summed E-state index contributed by atoms with van der Waals surface area (Å²) < 4.78 is 5.69. The topological polar surface area (TPSA) is 58.6 Å². The number of benzene rings is 2.